The van der Waals surface area contributed by atoms with Gasteiger partial charge in [-0.1, -0.05) is 54.6 Å². The molecule has 1 aliphatic heterocycles. The summed E-state index contributed by atoms with van der Waals surface area (Å²) in [5.41, 5.74) is 0.156. The summed E-state index contributed by atoms with van der Waals surface area (Å²) in [6.45, 7) is 1.21. The van der Waals surface area contributed by atoms with Crippen LogP contribution < -0.4 is 10.1 Å². The molecule has 3 aromatic rings. The van der Waals surface area contributed by atoms with Crippen LogP contribution in [0.25, 0.3) is 10.8 Å². The first-order valence-corrected chi connectivity index (χ1v) is 12.6. The minimum Gasteiger partial charge on any atom is -0.491 e. The Morgan fingerprint density at radius 2 is 1.70 bits per heavy atom. The van der Waals surface area contributed by atoms with E-state index in [-0.39, 0.29) is 36.2 Å². The number of hydrogen-bond acceptors (Lipinski definition) is 4. The maximum absolute atomic E-state index is 13.8. The van der Waals surface area contributed by atoms with Gasteiger partial charge in [0.1, 0.15) is 18.2 Å². The molecule has 1 amide bonds. The normalized spacial score (nSPS) is 15.4. The van der Waals surface area contributed by atoms with E-state index in [1.807, 2.05) is 42.5 Å². The fourth-order valence-electron chi connectivity index (χ4n) is 4.10. The molecule has 0 radical (unpaired) electrons. The van der Waals surface area contributed by atoms with Crippen molar-refractivity contribution < 1.29 is 22.3 Å². The lowest BCUT2D eigenvalue weighted by Crippen LogP contribution is -2.44. The van der Waals surface area contributed by atoms with Crippen LogP contribution in [0.3, 0.4) is 0 Å². The molecule has 0 bridgehead atoms. The van der Waals surface area contributed by atoms with Crippen LogP contribution in [-0.2, 0) is 20.6 Å². The Balaban J connectivity index is 1.23. The summed E-state index contributed by atoms with van der Waals surface area (Å²) >= 11 is 0. The Morgan fingerprint density at radius 1 is 1.00 bits per heavy atom. The van der Waals surface area contributed by atoms with Gasteiger partial charge in [-0.25, -0.2) is 17.1 Å². The molecule has 6 nitrogen and oxygen atoms in total. The third-order valence-corrected chi connectivity index (χ3v) is 7.75. The maximum Gasteiger partial charge on any atom is 0.223 e. The monoisotopic (exact) mass is 470 g/mol. The Labute approximate surface area is 193 Å². The Morgan fingerprint density at radius 3 is 2.48 bits per heavy atom. The van der Waals surface area contributed by atoms with Crippen molar-refractivity contribution >= 4 is 26.7 Å². The van der Waals surface area contributed by atoms with E-state index in [0.29, 0.717) is 26.0 Å². The lowest BCUT2D eigenvalue weighted by atomic mass is 9.97. The van der Waals surface area contributed by atoms with Crippen molar-refractivity contribution in [3.8, 4) is 5.75 Å². The number of nitrogens with one attached hydrogen (secondary N) is 1. The highest BCUT2D eigenvalue weighted by atomic mass is 32.2. The summed E-state index contributed by atoms with van der Waals surface area (Å²) in [7, 11) is -3.64. The van der Waals surface area contributed by atoms with E-state index in [4.69, 9.17) is 4.74 Å². The van der Waals surface area contributed by atoms with E-state index in [9.17, 15) is 17.6 Å². The molecule has 1 saturated heterocycles. The van der Waals surface area contributed by atoms with Crippen LogP contribution in [0.15, 0.2) is 66.7 Å². The highest BCUT2D eigenvalue weighted by Crippen LogP contribution is 2.25. The molecule has 0 saturated carbocycles. The Bertz CT molecular complexity index is 1220. The third-order valence-electron chi connectivity index (χ3n) is 5.92. The molecule has 8 heteroatoms. The van der Waals surface area contributed by atoms with E-state index >= 15 is 0 Å². The molecule has 1 fully saturated rings. The fraction of sp³-hybridized carbons (Fsp3) is 0.320. The number of sulfonamides is 1. The molecule has 1 N–H and O–H groups in total. The van der Waals surface area contributed by atoms with Gasteiger partial charge < -0.3 is 10.1 Å². The number of rotatable bonds is 8. The van der Waals surface area contributed by atoms with Crippen LogP contribution in [-0.4, -0.2) is 44.9 Å². The molecule has 1 heterocycles. The lowest BCUT2D eigenvalue weighted by molar-refractivity contribution is -0.126. The number of amides is 1. The fourth-order valence-corrected chi connectivity index (χ4v) is 5.68. The van der Waals surface area contributed by atoms with Gasteiger partial charge in [-0.2, -0.15) is 0 Å². The van der Waals surface area contributed by atoms with Crippen molar-refractivity contribution in [3.05, 3.63) is 78.1 Å². The highest BCUT2D eigenvalue weighted by Gasteiger charge is 2.31. The predicted octanol–water partition coefficient (Wildman–Crippen LogP) is 3.72. The number of ether oxygens (including phenoxy) is 1. The summed E-state index contributed by atoms with van der Waals surface area (Å²) in [5, 5.41) is 5.01. The predicted molar refractivity (Wildman–Crippen MR) is 126 cm³/mol. The molecule has 174 valence electrons. The smallest absolute Gasteiger partial charge is 0.223 e. The first kappa shape index (κ1) is 23.2. The van der Waals surface area contributed by atoms with Gasteiger partial charge in [-0.15, -0.1) is 0 Å². The second kappa shape index (κ2) is 10.3. The number of benzene rings is 3. The average Bonchev–Trinajstić information content (AvgIpc) is 2.83. The van der Waals surface area contributed by atoms with Crippen LogP contribution in [0.2, 0.25) is 0 Å². The van der Waals surface area contributed by atoms with Crippen molar-refractivity contribution in [2.45, 2.75) is 18.6 Å². The molecular formula is C25H27FN2O4S. The van der Waals surface area contributed by atoms with Crippen LogP contribution in [0.5, 0.6) is 5.75 Å². The van der Waals surface area contributed by atoms with Crippen LogP contribution in [0.1, 0.15) is 18.4 Å². The number of carbonyl (C=O) groups is 1. The van der Waals surface area contributed by atoms with Gasteiger partial charge in [0.05, 0.1) is 12.3 Å². The highest BCUT2D eigenvalue weighted by molar-refractivity contribution is 7.88. The number of nitrogens with zero attached hydrogens (tertiary/aromatic N) is 1. The first-order valence-electron chi connectivity index (χ1n) is 11.0. The number of hydrogen-bond donors (Lipinski definition) is 1. The van der Waals surface area contributed by atoms with Gasteiger partial charge in [0, 0.05) is 30.0 Å². The quantitative estimate of drug-likeness (QED) is 0.509. The topological polar surface area (TPSA) is 75.7 Å². The van der Waals surface area contributed by atoms with Gasteiger partial charge in [0.25, 0.3) is 0 Å². The van der Waals surface area contributed by atoms with Crippen LogP contribution in [0, 0.1) is 11.7 Å². The maximum atomic E-state index is 13.8. The van der Waals surface area contributed by atoms with Crippen molar-refractivity contribution in [3.63, 3.8) is 0 Å². The summed E-state index contributed by atoms with van der Waals surface area (Å²) in [6, 6.07) is 19.7. The largest absolute Gasteiger partial charge is 0.491 e. The summed E-state index contributed by atoms with van der Waals surface area (Å²) < 4.78 is 46.4. The minimum absolute atomic E-state index is 0.0947. The zero-order chi connectivity index (χ0) is 23.3. The van der Waals surface area contributed by atoms with Gasteiger partial charge >= 0.3 is 0 Å². The van der Waals surface area contributed by atoms with Crippen molar-refractivity contribution in [2.24, 2.45) is 5.92 Å². The Kier molecular flexibility index (Phi) is 7.25. The number of fused-ring (bicyclic) bond motifs is 1. The SMILES string of the molecule is O=C(NCCOc1cccc2ccccc12)C1CCN(S(=O)(=O)Cc2ccccc2F)CC1. The van der Waals surface area contributed by atoms with Crippen molar-refractivity contribution in [1.82, 2.24) is 9.62 Å². The zero-order valence-electron chi connectivity index (χ0n) is 18.2. The molecule has 33 heavy (non-hydrogen) atoms. The lowest BCUT2D eigenvalue weighted by Gasteiger charge is -2.30. The second-order valence-electron chi connectivity index (χ2n) is 8.14. The van der Waals surface area contributed by atoms with Crippen molar-refractivity contribution in [1.29, 1.82) is 0 Å². The standard InChI is InChI=1S/C25H27FN2O4S/c26-23-10-4-2-7-21(23)18-33(30,31)28-15-12-20(13-16-28)25(29)27-14-17-32-24-11-5-8-19-6-1-3-9-22(19)24/h1-11,20H,12-18H2,(H,27,29). The molecule has 3 aromatic carbocycles. The number of piperidine rings is 1. The summed E-state index contributed by atoms with van der Waals surface area (Å²) in [4.78, 5) is 12.5. The van der Waals surface area contributed by atoms with E-state index in [1.54, 1.807) is 6.07 Å². The van der Waals surface area contributed by atoms with E-state index < -0.39 is 15.8 Å². The average molecular weight is 471 g/mol. The number of carbonyl (C=O) groups excluding carboxylic acids is 1. The van der Waals surface area contributed by atoms with E-state index in [2.05, 4.69) is 5.32 Å². The first-order chi connectivity index (χ1) is 15.9. The van der Waals surface area contributed by atoms with Crippen molar-refractivity contribution in [2.75, 3.05) is 26.2 Å². The minimum atomic E-state index is -3.64. The second-order valence-corrected chi connectivity index (χ2v) is 10.1. The summed E-state index contributed by atoms with van der Waals surface area (Å²) in [6.07, 6.45) is 0.874. The van der Waals surface area contributed by atoms with E-state index in [1.165, 1.54) is 22.5 Å². The Hall–Kier alpha value is -2.97. The molecule has 0 aromatic heterocycles. The van der Waals surface area contributed by atoms with Crippen LogP contribution >= 0.6 is 0 Å². The van der Waals surface area contributed by atoms with Gasteiger partial charge in [-0.3, -0.25) is 4.79 Å². The summed E-state index contributed by atoms with van der Waals surface area (Å²) in [5.74, 6) is -0.468. The van der Waals surface area contributed by atoms with Gasteiger partial charge in [0.2, 0.25) is 15.9 Å². The van der Waals surface area contributed by atoms with Crippen LogP contribution in [0.4, 0.5) is 4.39 Å². The van der Waals surface area contributed by atoms with Gasteiger partial charge in [-0.05, 0) is 30.4 Å². The molecule has 0 atom stereocenters. The number of halogens is 1. The van der Waals surface area contributed by atoms with Gasteiger partial charge in [0.15, 0.2) is 0 Å². The molecule has 0 unspecified atom stereocenters. The molecule has 4 rings (SSSR count). The molecule has 1 aliphatic rings. The molecular weight excluding hydrogens is 443 g/mol. The molecule has 0 spiro atoms. The zero-order valence-corrected chi connectivity index (χ0v) is 19.1. The third kappa shape index (κ3) is 5.69. The van der Waals surface area contributed by atoms with E-state index in [0.717, 1.165) is 16.5 Å². The molecule has 0 aliphatic carbocycles.